The van der Waals surface area contributed by atoms with Gasteiger partial charge in [0.25, 0.3) is 0 Å². The summed E-state index contributed by atoms with van der Waals surface area (Å²) in [7, 11) is 0. The van der Waals surface area contributed by atoms with Crippen molar-refractivity contribution in [3.8, 4) is 6.19 Å². The zero-order valence-electron chi connectivity index (χ0n) is 17.5. The Labute approximate surface area is 180 Å². The number of para-hydroxylation sites is 2. The molecule has 1 saturated heterocycles. The molecule has 31 heavy (non-hydrogen) atoms. The molecule has 1 aliphatic rings. The van der Waals surface area contributed by atoms with E-state index in [-0.39, 0.29) is 17.8 Å². The number of nitrogens with zero attached hydrogens (tertiary/aromatic N) is 6. The maximum Gasteiger partial charge on any atom is 0.212 e. The molecule has 0 radical (unpaired) electrons. The predicted octanol–water partition coefficient (Wildman–Crippen LogP) is 3.67. The lowest BCUT2D eigenvalue weighted by molar-refractivity contribution is 0.220. The van der Waals surface area contributed by atoms with Gasteiger partial charge in [0.15, 0.2) is 6.19 Å². The maximum absolute atomic E-state index is 13.6. The van der Waals surface area contributed by atoms with Crippen molar-refractivity contribution in [3.05, 3.63) is 60.5 Å². The van der Waals surface area contributed by atoms with Crippen molar-refractivity contribution in [1.82, 2.24) is 20.2 Å². The van der Waals surface area contributed by atoms with Crippen LogP contribution >= 0.6 is 0 Å². The first-order chi connectivity index (χ1) is 15.0. The van der Waals surface area contributed by atoms with Crippen molar-refractivity contribution in [3.63, 3.8) is 0 Å². The van der Waals surface area contributed by atoms with Gasteiger partial charge in [0.1, 0.15) is 11.6 Å². The third-order valence-corrected chi connectivity index (χ3v) is 5.43. The van der Waals surface area contributed by atoms with Gasteiger partial charge in [-0.2, -0.15) is 5.26 Å². The molecule has 8 heteroatoms. The van der Waals surface area contributed by atoms with E-state index < -0.39 is 0 Å². The van der Waals surface area contributed by atoms with Crippen LogP contribution in [0.4, 0.5) is 15.9 Å². The lowest BCUT2D eigenvalue weighted by atomic mass is 10.00. The maximum atomic E-state index is 13.6. The molecular weight excluding hydrogens is 393 g/mol. The van der Waals surface area contributed by atoms with Crippen LogP contribution in [0.1, 0.15) is 13.8 Å². The summed E-state index contributed by atoms with van der Waals surface area (Å²) >= 11 is 0. The summed E-state index contributed by atoms with van der Waals surface area (Å²) in [6.07, 6.45) is 3.78. The highest BCUT2D eigenvalue weighted by molar-refractivity contribution is 5.84. The van der Waals surface area contributed by atoms with Crippen molar-refractivity contribution < 1.29 is 4.39 Å². The smallest absolute Gasteiger partial charge is 0.212 e. The topological polar surface area (TPSA) is 80.4 Å². The van der Waals surface area contributed by atoms with Crippen LogP contribution in [0.5, 0.6) is 0 Å². The summed E-state index contributed by atoms with van der Waals surface area (Å²) in [5.74, 6) is 1.18. The molecule has 1 N–H and O–H groups in total. The molecule has 0 saturated carbocycles. The van der Waals surface area contributed by atoms with E-state index in [1.165, 1.54) is 12.1 Å². The number of benzene rings is 2. The highest BCUT2D eigenvalue weighted by atomic mass is 19.1. The number of halogens is 1. The third-order valence-electron chi connectivity index (χ3n) is 5.43. The molecule has 1 aliphatic heterocycles. The van der Waals surface area contributed by atoms with Gasteiger partial charge >= 0.3 is 0 Å². The Bertz CT molecular complexity index is 1140. The number of nitrogens with one attached hydrogen (secondary N) is 1. The van der Waals surface area contributed by atoms with Gasteiger partial charge in [0.05, 0.1) is 29.0 Å². The molecule has 0 spiro atoms. The number of aliphatic imine (C=N–C) groups is 1. The molecule has 1 unspecified atom stereocenters. The van der Waals surface area contributed by atoms with E-state index in [1.807, 2.05) is 36.7 Å². The molecule has 0 aliphatic carbocycles. The molecule has 158 valence electrons. The van der Waals surface area contributed by atoms with Gasteiger partial charge in [-0.05, 0) is 36.2 Å². The number of aromatic nitrogens is 2. The Balaban J connectivity index is 1.61. The molecule has 2 heterocycles. The lowest BCUT2D eigenvalue weighted by Gasteiger charge is -2.44. The largest absolute Gasteiger partial charge is 0.351 e. The Kier molecular flexibility index (Phi) is 5.94. The van der Waals surface area contributed by atoms with Crippen molar-refractivity contribution in [2.45, 2.75) is 19.9 Å². The second kappa shape index (κ2) is 8.96. The summed E-state index contributed by atoms with van der Waals surface area (Å²) in [6, 6.07) is 13.9. The number of hydrogen-bond donors (Lipinski definition) is 1. The van der Waals surface area contributed by atoms with Crippen LogP contribution in [0.3, 0.4) is 0 Å². The van der Waals surface area contributed by atoms with Crippen molar-refractivity contribution >= 4 is 28.5 Å². The van der Waals surface area contributed by atoms with Crippen molar-refractivity contribution in [2.24, 2.45) is 10.9 Å². The summed E-state index contributed by atoms with van der Waals surface area (Å²) in [4.78, 5) is 18.2. The Morgan fingerprint density at radius 2 is 2.00 bits per heavy atom. The van der Waals surface area contributed by atoms with Gasteiger partial charge in [-0.25, -0.2) is 14.4 Å². The van der Waals surface area contributed by atoms with Crippen LogP contribution in [-0.2, 0) is 0 Å². The first-order valence-electron chi connectivity index (χ1n) is 10.3. The molecule has 3 aromatic rings. The van der Waals surface area contributed by atoms with Gasteiger partial charge in [-0.3, -0.25) is 10.3 Å². The normalized spacial score (nSPS) is 17.1. The number of guanidine groups is 1. The van der Waals surface area contributed by atoms with Crippen molar-refractivity contribution in [1.29, 1.82) is 5.26 Å². The second-order valence-electron chi connectivity index (χ2n) is 7.82. The summed E-state index contributed by atoms with van der Waals surface area (Å²) in [5.41, 5.74) is 2.19. The van der Waals surface area contributed by atoms with Gasteiger partial charge in [-0.1, -0.05) is 32.0 Å². The predicted molar refractivity (Wildman–Crippen MR) is 119 cm³/mol. The minimum atomic E-state index is -0.363. The van der Waals surface area contributed by atoms with Gasteiger partial charge < -0.3 is 9.80 Å². The number of rotatable bonds is 3. The van der Waals surface area contributed by atoms with Crippen LogP contribution in [0.15, 0.2) is 59.7 Å². The van der Waals surface area contributed by atoms with Gasteiger partial charge in [0, 0.05) is 19.6 Å². The molecular formula is C23H24FN7. The molecule has 1 aromatic heterocycles. The molecule has 0 bridgehead atoms. The molecule has 1 fully saturated rings. The Morgan fingerprint density at radius 1 is 1.19 bits per heavy atom. The first kappa shape index (κ1) is 20.5. The zero-order chi connectivity index (χ0) is 21.8. The lowest BCUT2D eigenvalue weighted by Crippen LogP contribution is -2.59. The number of hydrogen-bond acceptors (Lipinski definition) is 5. The molecule has 1 atom stereocenters. The SMILES string of the molecule is CC(C)C1CN(c2cnc3ccccc3n2)CCN1C(=Nc1cccc(F)c1)NC#N. The van der Waals surface area contributed by atoms with Crippen molar-refractivity contribution in [2.75, 3.05) is 24.5 Å². The fourth-order valence-electron chi connectivity index (χ4n) is 3.83. The average molecular weight is 417 g/mol. The summed E-state index contributed by atoms with van der Waals surface area (Å²) in [6.45, 7) is 6.32. The molecule has 4 rings (SSSR count). The molecule has 7 nitrogen and oxygen atoms in total. The van der Waals surface area contributed by atoms with E-state index in [9.17, 15) is 9.65 Å². The second-order valence-corrected chi connectivity index (χ2v) is 7.82. The van der Waals surface area contributed by atoms with Gasteiger partial charge in [0.2, 0.25) is 5.96 Å². The highest BCUT2D eigenvalue weighted by Gasteiger charge is 2.32. The number of fused-ring (bicyclic) bond motifs is 1. The molecule has 2 aromatic carbocycles. The van der Waals surface area contributed by atoms with Crippen LogP contribution < -0.4 is 10.2 Å². The van der Waals surface area contributed by atoms with E-state index in [0.717, 1.165) is 16.9 Å². The van der Waals surface area contributed by atoms with E-state index in [2.05, 4.69) is 38.9 Å². The number of nitriles is 1. The summed E-state index contributed by atoms with van der Waals surface area (Å²) in [5, 5.41) is 12.0. The van der Waals surface area contributed by atoms with E-state index in [4.69, 9.17) is 4.98 Å². The van der Waals surface area contributed by atoms with Crippen LogP contribution in [0.25, 0.3) is 11.0 Å². The quantitative estimate of drug-likeness (QED) is 0.303. The van der Waals surface area contributed by atoms with Crippen LogP contribution in [0, 0.1) is 23.2 Å². The van der Waals surface area contributed by atoms with Crippen LogP contribution in [-0.4, -0.2) is 46.5 Å². The fraction of sp³-hybridized carbons (Fsp3) is 0.304. The first-order valence-corrected chi connectivity index (χ1v) is 10.3. The molecule has 0 amide bonds. The number of piperazine rings is 1. The van der Waals surface area contributed by atoms with Gasteiger partial charge in [-0.15, -0.1) is 0 Å². The third kappa shape index (κ3) is 4.56. The Morgan fingerprint density at radius 3 is 2.74 bits per heavy atom. The van der Waals surface area contributed by atoms with E-state index in [0.29, 0.717) is 31.3 Å². The fourth-order valence-corrected chi connectivity index (χ4v) is 3.83. The summed E-state index contributed by atoms with van der Waals surface area (Å²) < 4.78 is 13.6. The van der Waals surface area contributed by atoms with E-state index >= 15 is 0 Å². The minimum Gasteiger partial charge on any atom is -0.351 e. The monoisotopic (exact) mass is 417 g/mol. The minimum absolute atomic E-state index is 0.0789. The Hall–Kier alpha value is -3.73. The highest BCUT2D eigenvalue weighted by Crippen LogP contribution is 2.24. The van der Waals surface area contributed by atoms with Crippen LogP contribution in [0.2, 0.25) is 0 Å². The zero-order valence-corrected chi connectivity index (χ0v) is 17.5. The number of anilines is 1. The standard InChI is InChI=1S/C23H24FN7/c1-16(2)21-14-30(22-13-26-19-8-3-4-9-20(19)29-22)10-11-31(21)23(27-15-25)28-18-7-5-6-17(24)12-18/h3-9,12-13,16,21H,10-11,14H2,1-2H3,(H,27,28). The van der Waals surface area contributed by atoms with E-state index in [1.54, 1.807) is 12.1 Å². The average Bonchev–Trinajstić information content (AvgIpc) is 2.78.